The zero-order valence-electron chi connectivity index (χ0n) is 33.6. The third-order valence-electron chi connectivity index (χ3n) is 8.49. The Kier molecular flexibility index (Phi) is 22.9. The lowest BCUT2D eigenvalue weighted by atomic mass is 10.1. The van der Waals surface area contributed by atoms with E-state index < -0.39 is 37.5 Å². The van der Waals surface area contributed by atoms with Crippen molar-refractivity contribution in [3.05, 3.63) is 47.5 Å². The molecule has 23 heteroatoms. The van der Waals surface area contributed by atoms with Crippen molar-refractivity contribution >= 4 is 66.7 Å². The van der Waals surface area contributed by atoms with Gasteiger partial charge in [-0.1, -0.05) is 12.1 Å². The molecule has 3 N–H and O–H groups in total. The van der Waals surface area contributed by atoms with Crippen LogP contribution < -0.4 is 19.3 Å². The van der Waals surface area contributed by atoms with Crippen LogP contribution in [0.4, 0.5) is 11.4 Å². The quantitative estimate of drug-likeness (QED) is 0.0417. The number of methoxy groups -OCH3 is 2. The summed E-state index contributed by atoms with van der Waals surface area (Å²) >= 11 is 0. The van der Waals surface area contributed by atoms with Gasteiger partial charge >= 0.3 is 17.9 Å². The Bertz CT molecular complexity index is 1770. The van der Waals surface area contributed by atoms with E-state index in [0.717, 1.165) is 4.90 Å². The summed E-state index contributed by atoms with van der Waals surface area (Å²) < 4.78 is 30.1. The van der Waals surface area contributed by atoms with E-state index in [-0.39, 0.29) is 128 Å². The summed E-state index contributed by atoms with van der Waals surface area (Å²) in [6.45, 7) is -2.57. The minimum Gasteiger partial charge on any atom is -0.495 e. The number of benzene rings is 2. The Morgan fingerprint density at radius 3 is 1.21 bits per heavy atom. The first-order valence-electron chi connectivity index (χ1n) is 18.2. The van der Waals surface area contributed by atoms with E-state index in [2.05, 4.69) is 0 Å². The Morgan fingerprint density at radius 2 is 0.852 bits per heavy atom. The monoisotopic (exact) mass is 863 g/mol. The van der Waals surface area contributed by atoms with Gasteiger partial charge in [-0.2, -0.15) is 0 Å². The smallest absolute Gasteiger partial charge is 0.323 e. The maximum Gasteiger partial charge on any atom is 0.323 e. The number of carbonyl (C=O) groups excluding carboxylic acids is 6. The average molecular weight is 864 g/mol. The number of carboxylic acid groups (broad SMARTS) is 3. The van der Waals surface area contributed by atoms with Gasteiger partial charge in [-0.15, -0.1) is 0 Å². The van der Waals surface area contributed by atoms with Crippen molar-refractivity contribution in [2.24, 2.45) is 0 Å². The fourth-order valence-corrected chi connectivity index (χ4v) is 5.90. The van der Waals surface area contributed by atoms with Crippen LogP contribution in [0.15, 0.2) is 36.4 Å². The summed E-state index contributed by atoms with van der Waals surface area (Å²) in [5.41, 5.74) is 1.40. The normalized spacial score (nSPS) is 10.7. The van der Waals surface area contributed by atoms with Crippen LogP contribution in [-0.4, -0.2) is 185 Å². The number of carbonyl (C=O) groups is 9. The van der Waals surface area contributed by atoms with Gasteiger partial charge in [-0.25, -0.2) is 0 Å². The third kappa shape index (κ3) is 19.2. The summed E-state index contributed by atoms with van der Waals surface area (Å²) in [6, 6.07) is 9.23. The molecular formula is C38H49N5O18. The fraction of sp³-hybridized carbons (Fsp3) is 0.447. The fourth-order valence-electron chi connectivity index (χ4n) is 5.90. The topological polar surface area (TPSA) is 286 Å². The van der Waals surface area contributed by atoms with Crippen molar-refractivity contribution in [1.29, 1.82) is 0 Å². The second-order valence-electron chi connectivity index (χ2n) is 13.0. The van der Waals surface area contributed by atoms with Crippen LogP contribution in [0, 0.1) is 0 Å². The number of aliphatic carboxylic acids is 3. The van der Waals surface area contributed by atoms with E-state index in [1.165, 1.54) is 46.0 Å². The number of hydrogen-bond acceptors (Lipinski definition) is 20. The summed E-state index contributed by atoms with van der Waals surface area (Å²) in [4.78, 5) is 112. The molecule has 0 amide bonds. The molecule has 0 fully saturated rings. The van der Waals surface area contributed by atoms with Gasteiger partial charge < -0.3 is 53.5 Å². The maximum atomic E-state index is 13.3. The molecule has 0 aliphatic heterocycles. The zero-order chi connectivity index (χ0) is 45.2. The lowest BCUT2D eigenvalue weighted by Crippen LogP contribution is -2.44. The van der Waals surface area contributed by atoms with Gasteiger partial charge in [0.15, 0.2) is 25.0 Å². The highest BCUT2D eigenvalue weighted by Crippen LogP contribution is 2.31. The zero-order valence-corrected chi connectivity index (χ0v) is 33.6. The van der Waals surface area contributed by atoms with Crippen LogP contribution in [0.5, 0.6) is 11.5 Å². The second-order valence-corrected chi connectivity index (χ2v) is 13.0. The molecule has 0 radical (unpaired) electrons. The van der Waals surface area contributed by atoms with E-state index >= 15 is 0 Å². The molecule has 0 aliphatic carbocycles. The number of ketones is 2. The van der Waals surface area contributed by atoms with Crippen molar-refractivity contribution in [3.8, 4) is 11.5 Å². The van der Waals surface area contributed by atoms with Gasteiger partial charge in [0, 0.05) is 39.0 Å². The van der Waals surface area contributed by atoms with E-state index in [9.17, 15) is 58.5 Å². The van der Waals surface area contributed by atoms with Gasteiger partial charge in [-0.3, -0.25) is 57.9 Å². The standard InChI is InChI=1S/C38H49N5O18/c1-56-34-5-3-28(13-32(34)42(18-37(52)53)19-38(54)55)11-30(48)15-40(20-58-24-44)9-7-39(17-36(50)51)8-10-41(21-59-25-45)16-31(49)12-29-4-6-35(57-2)33(14-29)43(22-60-26-46)23-61-27-47/h3-6,13-14,24-27H,7-12,15-23H2,1-2H3,(H,50,51)(H,52,53)(H,54,55). The lowest BCUT2D eigenvalue weighted by Gasteiger charge is -2.28. The van der Waals surface area contributed by atoms with Crippen molar-refractivity contribution in [3.63, 3.8) is 0 Å². The number of rotatable bonds is 36. The predicted molar refractivity (Wildman–Crippen MR) is 209 cm³/mol. The molecule has 2 aromatic carbocycles. The lowest BCUT2D eigenvalue weighted by molar-refractivity contribution is -0.139. The number of Topliss-reactive ketones (excluding diaryl/α,β-unsaturated/α-hetero) is 2. The van der Waals surface area contributed by atoms with Gasteiger partial charge in [0.2, 0.25) is 0 Å². The van der Waals surface area contributed by atoms with Gasteiger partial charge in [0.05, 0.1) is 45.2 Å². The highest BCUT2D eigenvalue weighted by Gasteiger charge is 2.22. The van der Waals surface area contributed by atoms with Crippen LogP contribution >= 0.6 is 0 Å². The first-order chi connectivity index (χ1) is 29.3. The van der Waals surface area contributed by atoms with Gasteiger partial charge in [0.1, 0.15) is 38.1 Å². The molecule has 0 aromatic heterocycles. The van der Waals surface area contributed by atoms with Crippen LogP contribution in [0.1, 0.15) is 11.1 Å². The molecule has 2 aromatic rings. The Balaban J connectivity index is 2.17. The molecule has 334 valence electrons. The minimum absolute atomic E-state index is 0.0298. The summed E-state index contributed by atoms with van der Waals surface area (Å²) in [7, 11) is 2.71. The Hall–Kier alpha value is -6.85. The molecular weight excluding hydrogens is 814 g/mol. The van der Waals surface area contributed by atoms with Crippen molar-refractivity contribution in [2.75, 3.05) is 110 Å². The average Bonchev–Trinajstić information content (AvgIpc) is 3.21. The maximum absolute atomic E-state index is 13.3. The number of ether oxygens (including phenoxy) is 6. The number of carboxylic acids is 3. The first kappa shape index (κ1) is 50.3. The highest BCUT2D eigenvalue weighted by molar-refractivity contribution is 5.85. The van der Waals surface area contributed by atoms with E-state index in [1.807, 2.05) is 0 Å². The Labute approximate surface area is 349 Å². The molecule has 0 heterocycles. The molecule has 0 saturated carbocycles. The molecule has 0 atom stereocenters. The number of hydrogen-bond donors (Lipinski definition) is 3. The summed E-state index contributed by atoms with van der Waals surface area (Å²) in [5, 5.41) is 28.3. The van der Waals surface area contributed by atoms with E-state index in [0.29, 0.717) is 22.6 Å². The molecule has 61 heavy (non-hydrogen) atoms. The predicted octanol–water partition coefficient (Wildman–Crippen LogP) is -1.08. The van der Waals surface area contributed by atoms with Crippen molar-refractivity contribution in [1.82, 2.24) is 14.7 Å². The molecule has 2 rings (SSSR count). The first-order valence-corrected chi connectivity index (χ1v) is 18.2. The summed E-state index contributed by atoms with van der Waals surface area (Å²) in [6.07, 6.45) is -0.314. The largest absolute Gasteiger partial charge is 0.495 e. The van der Waals surface area contributed by atoms with E-state index in [4.69, 9.17) is 28.4 Å². The summed E-state index contributed by atoms with van der Waals surface area (Å²) in [5.74, 6) is -3.97. The van der Waals surface area contributed by atoms with Crippen LogP contribution in [-0.2, 0) is 74.9 Å². The van der Waals surface area contributed by atoms with Gasteiger partial charge in [0.25, 0.3) is 25.9 Å². The minimum atomic E-state index is -1.29. The molecule has 0 saturated heterocycles. The number of nitrogens with zero attached hydrogens (tertiary/aromatic N) is 5. The van der Waals surface area contributed by atoms with Crippen molar-refractivity contribution in [2.45, 2.75) is 12.8 Å². The molecule has 0 spiro atoms. The SMILES string of the molecule is COc1ccc(CC(=O)CN(CCN(CCN(COC=O)CC(=O)Cc2ccc(OC)c(N(CC(=O)O)CC(=O)O)c2)CC(=O)O)COC=O)cc1N(COC=O)COC=O. The third-order valence-corrected chi connectivity index (χ3v) is 8.49. The molecule has 0 aliphatic rings. The van der Waals surface area contributed by atoms with Crippen LogP contribution in [0.2, 0.25) is 0 Å². The Morgan fingerprint density at radius 1 is 0.492 bits per heavy atom. The second kappa shape index (κ2) is 27.8. The van der Waals surface area contributed by atoms with Crippen molar-refractivity contribution < 1.29 is 86.9 Å². The molecule has 23 nitrogen and oxygen atoms in total. The molecule has 0 unspecified atom stereocenters. The van der Waals surface area contributed by atoms with Gasteiger partial charge in [-0.05, 0) is 35.4 Å². The molecule has 0 bridgehead atoms. The number of anilines is 2. The van der Waals surface area contributed by atoms with E-state index in [1.54, 1.807) is 24.3 Å². The highest BCUT2D eigenvalue weighted by atomic mass is 16.6. The van der Waals surface area contributed by atoms with Crippen LogP contribution in [0.25, 0.3) is 0 Å². The van der Waals surface area contributed by atoms with Crippen LogP contribution in [0.3, 0.4) is 0 Å².